The SMILES string of the molecule is CC1(C)[C@H](C(=O)O)[C@@H]1C(=O)N1CCCC1c1cccs1. The van der Waals surface area contributed by atoms with E-state index in [-0.39, 0.29) is 17.9 Å². The highest BCUT2D eigenvalue weighted by molar-refractivity contribution is 7.10. The van der Waals surface area contributed by atoms with Crippen LogP contribution in [0.15, 0.2) is 17.5 Å². The normalized spacial score (nSPS) is 31.3. The van der Waals surface area contributed by atoms with E-state index in [1.54, 1.807) is 11.3 Å². The first kappa shape index (κ1) is 13.6. The van der Waals surface area contributed by atoms with Gasteiger partial charge in [-0.15, -0.1) is 11.3 Å². The minimum atomic E-state index is -0.847. The predicted octanol–water partition coefficient (Wildman–Crippen LogP) is 2.77. The molecular formula is C15H19NO3S. The van der Waals surface area contributed by atoms with Crippen molar-refractivity contribution in [3.05, 3.63) is 22.4 Å². The second kappa shape index (κ2) is 4.58. The standard InChI is InChI=1S/C15H19NO3S/c1-15(2)11(12(15)14(18)19)13(17)16-7-3-5-9(16)10-6-4-8-20-10/h4,6,8-9,11-12H,3,5,7H2,1-2H3,(H,18,19)/t9?,11-,12+/m1/s1. The molecule has 2 heterocycles. The van der Waals surface area contributed by atoms with Crippen LogP contribution < -0.4 is 0 Å². The number of nitrogens with zero attached hydrogens (tertiary/aromatic N) is 1. The van der Waals surface area contributed by atoms with Crippen molar-refractivity contribution in [2.45, 2.75) is 32.7 Å². The van der Waals surface area contributed by atoms with Crippen molar-refractivity contribution in [3.8, 4) is 0 Å². The van der Waals surface area contributed by atoms with Gasteiger partial charge >= 0.3 is 5.97 Å². The number of hydrogen-bond donors (Lipinski definition) is 1. The molecule has 3 atom stereocenters. The van der Waals surface area contributed by atoms with Crippen LogP contribution in [0.1, 0.15) is 37.6 Å². The summed E-state index contributed by atoms with van der Waals surface area (Å²) in [6.45, 7) is 4.51. The zero-order valence-corrected chi connectivity index (χ0v) is 12.5. The highest BCUT2D eigenvalue weighted by atomic mass is 32.1. The van der Waals surface area contributed by atoms with Gasteiger partial charge in [0.05, 0.1) is 17.9 Å². The molecule has 1 aromatic rings. The topological polar surface area (TPSA) is 57.6 Å². The van der Waals surface area contributed by atoms with Gasteiger partial charge in [-0.25, -0.2) is 0 Å². The lowest BCUT2D eigenvalue weighted by atomic mass is 10.1. The molecule has 2 aliphatic rings. The maximum absolute atomic E-state index is 12.7. The summed E-state index contributed by atoms with van der Waals surface area (Å²) in [6, 6.07) is 4.21. The number of carboxylic acids is 1. The second-order valence-corrected chi connectivity index (χ2v) is 7.30. The summed E-state index contributed by atoms with van der Waals surface area (Å²) in [4.78, 5) is 27.1. The first-order chi connectivity index (χ1) is 9.44. The number of carboxylic acid groups (broad SMARTS) is 1. The Morgan fingerprint density at radius 3 is 2.70 bits per heavy atom. The van der Waals surface area contributed by atoms with E-state index in [0.29, 0.717) is 0 Å². The number of carbonyl (C=O) groups excluding carboxylic acids is 1. The van der Waals surface area contributed by atoms with Gasteiger partial charge in [0.15, 0.2) is 0 Å². The Balaban J connectivity index is 1.79. The Kier molecular flexibility index (Phi) is 3.12. The van der Waals surface area contributed by atoms with E-state index in [1.807, 2.05) is 30.2 Å². The van der Waals surface area contributed by atoms with Gasteiger partial charge in [0.2, 0.25) is 5.91 Å². The summed E-state index contributed by atoms with van der Waals surface area (Å²) in [5, 5.41) is 11.3. The van der Waals surface area contributed by atoms with Crippen LogP contribution in [-0.2, 0) is 9.59 Å². The zero-order chi connectivity index (χ0) is 14.5. The number of rotatable bonds is 3. The lowest BCUT2D eigenvalue weighted by Gasteiger charge is -2.24. The molecule has 1 saturated heterocycles. The van der Waals surface area contributed by atoms with E-state index >= 15 is 0 Å². The first-order valence-electron chi connectivity index (χ1n) is 7.01. The maximum atomic E-state index is 12.7. The van der Waals surface area contributed by atoms with Crippen molar-refractivity contribution in [1.82, 2.24) is 4.90 Å². The molecule has 3 rings (SSSR count). The Labute approximate surface area is 122 Å². The van der Waals surface area contributed by atoms with Crippen LogP contribution in [0.3, 0.4) is 0 Å². The largest absolute Gasteiger partial charge is 0.481 e. The summed E-state index contributed by atoms with van der Waals surface area (Å²) >= 11 is 1.67. The van der Waals surface area contributed by atoms with Gasteiger partial charge in [0, 0.05) is 11.4 Å². The molecule has 1 aromatic heterocycles. The van der Waals surface area contributed by atoms with E-state index < -0.39 is 17.3 Å². The molecule has 1 saturated carbocycles. The van der Waals surface area contributed by atoms with Crippen molar-refractivity contribution < 1.29 is 14.7 Å². The highest BCUT2D eigenvalue weighted by Crippen LogP contribution is 2.59. The molecule has 1 N–H and O–H groups in total. The van der Waals surface area contributed by atoms with Crippen molar-refractivity contribution in [3.63, 3.8) is 0 Å². The van der Waals surface area contributed by atoms with Crippen LogP contribution in [-0.4, -0.2) is 28.4 Å². The molecule has 0 aromatic carbocycles. The van der Waals surface area contributed by atoms with Gasteiger partial charge in [-0.2, -0.15) is 0 Å². The van der Waals surface area contributed by atoms with Gasteiger partial charge in [-0.05, 0) is 29.7 Å². The molecule has 4 nitrogen and oxygen atoms in total. The molecule has 1 unspecified atom stereocenters. The van der Waals surface area contributed by atoms with Gasteiger partial charge in [0.1, 0.15) is 0 Å². The number of carbonyl (C=O) groups is 2. The van der Waals surface area contributed by atoms with Crippen LogP contribution >= 0.6 is 11.3 Å². The van der Waals surface area contributed by atoms with Crippen LogP contribution in [0.2, 0.25) is 0 Å². The number of thiophene rings is 1. The molecule has 20 heavy (non-hydrogen) atoms. The van der Waals surface area contributed by atoms with Gasteiger partial charge in [-0.1, -0.05) is 19.9 Å². The molecule has 0 radical (unpaired) electrons. The van der Waals surface area contributed by atoms with Crippen LogP contribution in [0.4, 0.5) is 0 Å². The van der Waals surface area contributed by atoms with E-state index in [4.69, 9.17) is 0 Å². The fraction of sp³-hybridized carbons (Fsp3) is 0.600. The van der Waals surface area contributed by atoms with Gasteiger partial charge in [0.25, 0.3) is 0 Å². The van der Waals surface area contributed by atoms with E-state index in [2.05, 4.69) is 6.07 Å². The second-order valence-electron chi connectivity index (χ2n) is 6.32. The molecule has 2 fully saturated rings. The minimum Gasteiger partial charge on any atom is -0.481 e. The lowest BCUT2D eigenvalue weighted by Crippen LogP contribution is -2.33. The number of likely N-dealkylation sites (tertiary alicyclic amines) is 1. The van der Waals surface area contributed by atoms with Crippen LogP contribution in [0.5, 0.6) is 0 Å². The molecule has 1 aliphatic heterocycles. The van der Waals surface area contributed by atoms with Crippen LogP contribution in [0, 0.1) is 17.3 Å². The Bertz CT molecular complexity index is 537. The highest BCUT2D eigenvalue weighted by Gasteiger charge is 2.67. The Morgan fingerprint density at radius 2 is 2.15 bits per heavy atom. The molecule has 108 valence electrons. The van der Waals surface area contributed by atoms with Crippen molar-refractivity contribution >= 4 is 23.2 Å². The fourth-order valence-electron chi connectivity index (χ4n) is 3.55. The summed E-state index contributed by atoms with van der Waals surface area (Å²) < 4.78 is 0. The van der Waals surface area contributed by atoms with E-state index in [1.165, 1.54) is 4.88 Å². The summed E-state index contributed by atoms with van der Waals surface area (Å²) in [7, 11) is 0. The zero-order valence-electron chi connectivity index (χ0n) is 11.7. The quantitative estimate of drug-likeness (QED) is 0.932. The predicted molar refractivity (Wildman–Crippen MR) is 76.4 cm³/mol. The van der Waals surface area contributed by atoms with Gasteiger partial charge in [-0.3, -0.25) is 9.59 Å². The van der Waals surface area contributed by atoms with Crippen LogP contribution in [0.25, 0.3) is 0 Å². The molecule has 0 bridgehead atoms. The van der Waals surface area contributed by atoms with Crippen molar-refractivity contribution in [2.75, 3.05) is 6.54 Å². The van der Waals surface area contributed by atoms with Crippen molar-refractivity contribution in [2.24, 2.45) is 17.3 Å². The molecule has 5 heteroatoms. The Hall–Kier alpha value is -1.36. The third-order valence-electron chi connectivity index (χ3n) is 4.77. The molecule has 0 spiro atoms. The fourth-order valence-corrected chi connectivity index (χ4v) is 4.42. The monoisotopic (exact) mass is 293 g/mol. The van der Waals surface area contributed by atoms with E-state index in [9.17, 15) is 14.7 Å². The number of amides is 1. The number of hydrogen-bond acceptors (Lipinski definition) is 3. The molecule has 1 aliphatic carbocycles. The lowest BCUT2D eigenvalue weighted by molar-refractivity contribution is -0.142. The average molecular weight is 293 g/mol. The number of aliphatic carboxylic acids is 1. The minimum absolute atomic E-state index is 0.0262. The van der Waals surface area contributed by atoms with Crippen molar-refractivity contribution in [1.29, 1.82) is 0 Å². The first-order valence-corrected chi connectivity index (χ1v) is 7.89. The summed E-state index contributed by atoms with van der Waals surface area (Å²) in [5.41, 5.74) is -0.411. The van der Waals surface area contributed by atoms with E-state index in [0.717, 1.165) is 19.4 Å². The maximum Gasteiger partial charge on any atom is 0.307 e. The van der Waals surface area contributed by atoms with Gasteiger partial charge < -0.3 is 10.0 Å². The Morgan fingerprint density at radius 1 is 1.40 bits per heavy atom. The average Bonchev–Trinajstić information content (AvgIpc) is 2.87. The third-order valence-corrected chi connectivity index (χ3v) is 5.74. The summed E-state index contributed by atoms with van der Waals surface area (Å²) in [6.07, 6.45) is 1.98. The molecular weight excluding hydrogens is 274 g/mol. The summed E-state index contributed by atoms with van der Waals surface area (Å²) in [5.74, 6) is -1.71. The third kappa shape index (κ3) is 1.95. The molecule has 1 amide bonds. The smallest absolute Gasteiger partial charge is 0.307 e.